The summed E-state index contributed by atoms with van der Waals surface area (Å²) in [6.07, 6.45) is 3.37. The predicted molar refractivity (Wildman–Crippen MR) is 106 cm³/mol. The summed E-state index contributed by atoms with van der Waals surface area (Å²) < 4.78 is 6.99. The lowest BCUT2D eigenvalue weighted by Crippen LogP contribution is -2.38. The molecule has 0 radical (unpaired) electrons. The SMILES string of the molecule is OC(COc1ccc(-c2ccccc2I)cc1)CN1CCCCC1. The van der Waals surface area contributed by atoms with Crippen LogP contribution in [0.2, 0.25) is 0 Å². The molecule has 0 spiro atoms. The molecule has 1 aliphatic rings. The minimum Gasteiger partial charge on any atom is -0.491 e. The van der Waals surface area contributed by atoms with Gasteiger partial charge in [-0.3, -0.25) is 0 Å². The Hall–Kier alpha value is -1.11. The number of ether oxygens (including phenoxy) is 1. The molecular formula is C20H24INO2. The van der Waals surface area contributed by atoms with E-state index in [1.54, 1.807) is 0 Å². The third-order valence-corrected chi connectivity index (χ3v) is 5.34. The fourth-order valence-electron chi connectivity index (χ4n) is 3.11. The summed E-state index contributed by atoms with van der Waals surface area (Å²) in [5, 5.41) is 10.2. The van der Waals surface area contributed by atoms with E-state index in [0.717, 1.165) is 18.8 Å². The fraction of sp³-hybridized carbons (Fsp3) is 0.400. The van der Waals surface area contributed by atoms with Gasteiger partial charge < -0.3 is 14.7 Å². The molecule has 128 valence electrons. The molecule has 1 unspecified atom stereocenters. The molecule has 0 saturated carbocycles. The number of aliphatic hydroxyl groups excluding tert-OH is 1. The molecule has 1 heterocycles. The zero-order valence-corrected chi connectivity index (χ0v) is 16.0. The maximum absolute atomic E-state index is 10.2. The Morgan fingerprint density at radius 1 is 1.00 bits per heavy atom. The van der Waals surface area contributed by atoms with Gasteiger partial charge in [-0.05, 0) is 77.8 Å². The molecule has 3 nitrogen and oxygen atoms in total. The Bertz CT molecular complexity index is 638. The average molecular weight is 437 g/mol. The number of hydrogen-bond acceptors (Lipinski definition) is 3. The fourth-order valence-corrected chi connectivity index (χ4v) is 3.81. The molecule has 4 heteroatoms. The van der Waals surface area contributed by atoms with Crippen LogP contribution in [-0.4, -0.2) is 42.4 Å². The molecule has 2 aromatic rings. The van der Waals surface area contributed by atoms with Gasteiger partial charge in [-0.25, -0.2) is 0 Å². The predicted octanol–water partition coefficient (Wildman–Crippen LogP) is 4.18. The third kappa shape index (κ3) is 4.94. The summed E-state index contributed by atoms with van der Waals surface area (Å²) in [5.74, 6) is 0.808. The molecule has 2 aromatic carbocycles. The van der Waals surface area contributed by atoms with Crippen molar-refractivity contribution in [3.63, 3.8) is 0 Å². The van der Waals surface area contributed by atoms with Gasteiger partial charge in [0.2, 0.25) is 0 Å². The number of β-amino-alcohol motifs (C(OH)–C–C–N with tert-alkyl or cyclic N) is 1. The van der Waals surface area contributed by atoms with Crippen LogP contribution in [0.15, 0.2) is 48.5 Å². The normalized spacial score (nSPS) is 16.8. The van der Waals surface area contributed by atoms with E-state index in [2.05, 4.69) is 57.8 Å². The summed E-state index contributed by atoms with van der Waals surface area (Å²) >= 11 is 2.35. The molecule has 1 aliphatic heterocycles. The van der Waals surface area contributed by atoms with Crippen molar-refractivity contribution in [2.75, 3.05) is 26.2 Å². The highest BCUT2D eigenvalue weighted by Crippen LogP contribution is 2.26. The van der Waals surface area contributed by atoms with E-state index in [-0.39, 0.29) is 0 Å². The Morgan fingerprint density at radius 2 is 1.71 bits per heavy atom. The van der Waals surface area contributed by atoms with Gasteiger partial charge in [0.05, 0.1) is 0 Å². The Kier molecular flexibility index (Phi) is 6.51. The quantitative estimate of drug-likeness (QED) is 0.689. The van der Waals surface area contributed by atoms with Crippen LogP contribution >= 0.6 is 22.6 Å². The molecule has 0 bridgehead atoms. The molecule has 0 aliphatic carbocycles. The van der Waals surface area contributed by atoms with Gasteiger partial charge in [-0.2, -0.15) is 0 Å². The second kappa shape index (κ2) is 8.83. The molecule has 1 fully saturated rings. The van der Waals surface area contributed by atoms with Crippen LogP contribution in [0, 0.1) is 3.57 Å². The van der Waals surface area contributed by atoms with E-state index < -0.39 is 6.10 Å². The minimum absolute atomic E-state index is 0.346. The first-order valence-electron chi connectivity index (χ1n) is 8.60. The Balaban J connectivity index is 1.52. The number of hydrogen-bond donors (Lipinski definition) is 1. The number of halogens is 1. The summed E-state index contributed by atoms with van der Waals surface area (Å²) in [7, 11) is 0. The monoisotopic (exact) mass is 437 g/mol. The number of nitrogens with zero attached hydrogens (tertiary/aromatic N) is 1. The van der Waals surface area contributed by atoms with E-state index >= 15 is 0 Å². The van der Waals surface area contributed by atoms with Crippen LogP contribution in [0.1, 0.15) is 19.3 Å². The summed E-state index contributed by atoms with van der Waals surface area (Å²) in [6.45, 7) is 3.25. The lowest BCUT2D eigenvalue weighted by atomic mass is 10.1. The van der Waals surface area contributed by atoms with Gasteiger partial charge in [0.1, 0.15) is 18.5 Å². The minimum atomic E-state index is -0.433. The largest absolute Gasteiger partial charge is 0.491 e. The van der Waals surface area contributed by atoms with Crippen molar-refractivity contribution >= 4 is 22.6 Å². The van der Waals surface area contributed by atoms with Crippen LogP contribution in [0.25, 0.3) is 11.1 Å². The number of piperidine rings is 1. The number of benzene rings is 2. The van der Waals surface area contributed by atoms with Crippen LogP contribution in [0.5, 0.6) is 5.75 Å². The lowest BCUT2D eigenvalue weighted by Gasteiger charge is -2.28. The van der Waals surface area contributed by atoms with E-state index in [9.17, 15) is 5.11 Å². The molecule has 0 aromatic heterocycles. The molecule has 0 amide bonds. The van der Waals surface area contributed by atoms with Crippen molar-refractivity contribution in [1.29, 1.82) is 0 Å². The van der Waals surface area contributed by atoms with Gasteiger partial charge >= 0.3 is 0 Å². The van der Waals surface area contributed by atoms with Crippen molar-refractivity contribution < 1.29 is 9.84 Å². The first-order chi connectivity index (χ1) is 11.7. The third-order valence-electron chi connectivity index (χ3n) is 4.40. The average Bonchev–Trinajstić information content (AvgIpc) is 2.62. The second-order valence-corrected chi connectivity index (χ2v) is 7.49. The van der Waals surface area contributed by atoms with E-state index in [4.69, 9.17) is 4.74 Å². The molecule has 3 rings (SSSR count). The topological polar surface area (TPSA) is 32.7 Å². The zero-order chi connectivity index (χ0) is 16.8. The summed E-state index contributed by atoms with van der Waals surface area (Å²) in [5.41, 5.74) is 2.41. The first kappa shape index (κ1) is 17.7. The maximum atomic E-state index is 10.2. The lowest BCUT2D eigenvalue weighted by molar-refractivity contribution is 0.0617. The van der Waals surface area contributed by atoms with Gasteiger partial charge in [-0.1, -0.05) is 36.8 Å². The van der Waals surface area contributed by atoms with Crippen molar-refractivity contribution in [3.05, 3.63) is 52.1 Å². The van der Waals surface area contributed by atoms with Gasteiger partial charge in [-0.15, -0.1) is 0 Å². The Labute approximate surface area is 157 Å². The second-order valence-electron chi connectivity index (χ2n) is 6.33. The van der Waals surface area contributed by atoms with Gasteiger partial charge in [0, 0.05) is 10.1 Å². The molecule has 1 atom stereocenters. The first-order valence-corrected chi connectivity index (χ1v) is 9.68. The van der Waals surface area contributed by atoms with Crippen LogP contribution < -0.4 is 4.74 Å². The molecular weight excluding hydrogens is 413 g/mol. The number of likely N-dealkylation sites (tertiary alicyclic amines) is 1. The van der Waals surface area contributed by atoms with Crippen LogP contribution in [0.4, 0.5) is 0 Å². The highest BCUT2D eigenvalue weighted by atomic mass is 127. The standard InChI is InChI=1S/C20H24INO2/c21-20-7-3-2-6-19(20)16-8-10-18(11-9-16)24-15-17(23)14-22-12-4-1-5-13-22/h2-3,6-11,17,23H,1,4-5,12-15H2. The summed E-state index contributed by atoms with van der Waals surface area (Å²) in [4.78, 5) is 2.33. The van der Waals surface area contributed by atoms with Crippen molar-refractivity contribution in [2.24, 2.45) is 0 Å². The van der Waals surface area contributed by atoms with Crippen LogP contribution in [-0.2, 0) is 0 Å². The van der Waals surface area contributed by atoms with Crippen molar-refractivity contribution in [2.45, 2.75) is 25.4 Å². The number of aliphatic hydroxyl groups is 1. The van der Waals surface area contributed by atoms with E-state index in [1.165, 1.54) is 34.0 Å². The smallest absolute Gasteiger partial charge is 0.119 e. The highest BCUT2D eigenvalue weighted by Gasteiger charge is 2.15. The van der Waals surface area contributed by atoms with Crippen molar-refractivity contribution in [3.8, 4) is 16.9 Å². The van der Waals surface area contributed by atoms with Gasteiger partial charge in [0.15, 0.2) is 0 Å². The molecule has 1 N–H and O–H groups in total. The van der Waals surface area contributed by atoms with E-state index in [0.29, 0.717) is 13.2 Å². The molecule has 24 heavy (non-hydrogen) atoms. The Morgan fingerprint density at radius 3 is 2.42 bits per heavy atom. The zero-order valence-electron chi connectivity index (χ0n) is 13.8. The van der Waals surface area contributed by atoms with Gasteiger partial charge in [0.25, 0.3) is 0 Å². The molecule has 1 saturated heterocycles. The number of rotatable bonds is 6. The van der Waals surface area contributed by atoms with E-state index in [1.807, 2.05) is 18.2 Å². The maximum Gasteiger partial charge on any atom is 0.119 e. The van der Waals surface area contributed by atoms with Crippen molar-refractivity contribution in [1.82, 2.24) is 4.90 Å². The summed E-state index contributed by atoms with van der Waals surface area (Å²) in [6, 6.07) is 16.4. The highest BCUT2D eigenvalue weighted by molar-refractivity contribution is 14.1. The van der Waals surface area contributed by atoms with Crippen LogP contribution in [0.3, 0.4) is 0 Å².